The minimum atomic E-state index is -3.52. The molecule has 1 unspecified atom stereocenters. The van der Waals surface area contributed by atoms with Crippen LogP contribution in [0.2, 0.25) is 0 Å². The molecule has 1 heterocycles. The third-order valence-corrected chi connectivity index (χ3v) is 6.05. The monoisotopic (exact) mass is 292 g/mol. The van der Waals surface area contributed by atoms with Gasteiger partial charge >= 0.3 is 0 Å². The number of rotatable bonds is 2. The van der Waals surface area contributed by atoms with Gasteiger partial charge in [-0.05, 0) is 44.4 Å². The summed E-state index contributed by atoms with van der Waals surface area (Å²) in [6.45, 7) is 4.31. The van der Waals surface area contributed by atoms with Crippen LogP contribution in [-0.4, -0.2) is 25.3 Å². The average molecular weight is 292 g/mol. The number of benzene rings is 1. The van der Waals surface area contributed by atoms with Crippen molar-refractivity contribution >= 4 is 10.0 Å². The number of hydrogen-bond acceptors (Lipinski definition) is 3. The van der Waals surface area contributed by atoms with Crippen LogP contribution in [0.15, 0.2) is 23.1 Å². The van der Waals surface area contributed by atoms with Gasteiger partial charge in [0.2, 0.25) is 10.0 Å². The van der Waals surface area contributed by atoms with Gasteiger partial charge in [-0.25, -0.2) is 8.42 Å². The van der Waals surface area contributed by atoms with Crippen molar-refractivity contribution in [1.29, 1.82) is 5.26 Å². The van der Waals surface area contributed by atoms with E-state index >= 15 is 0 Å². The number of sulfonamides is 1. The fourth-order valence-electron chi connectivity index (χ4n) is 2.68. The average Bonchev–Trinajstić information content (AvgIpc) is 2.64. The maximum atomic E-state index is 12.9. The van der Waals surface area contributed by atoms with Gasteiger partial charge in [-0.1, -0.05) is 18.9 Å². The summed E-state index contributed by atoms with van der Waals surface area (Å²) in [5, 5.41) is 8.97. The van der Waals surface area contributed by atoms with Crippen molar-refractivity contribution in [2.75, 3.05) is 6.54 Å². The molecule has 0 amide bonds. The Balaban J connectivity index is 2.46. The van der Waals surface area contributed by atoms with E-state index in [1.54, 1.807) is 23.4 Å². The normalized spacial score (nSPS) is 21.1. The molecular formula is C15H20N2O2S. The van der Waals surface area contributed by atoms with Crippen molar-refractivity contribution < 1.29 is 8.42 Å². The zero-order valence-corrected chi connectivity index (χ0v) is 12.8. The van der Waals surface area contributed by atoms with Crippen molar-refractivity contribution in [3.05, 3.63) is 29.3 Å². The molecule has 5 heteroatoms. The van der Waals surface area contributed by atoms with Gasteiger partial charge in [0.25, 0.3) is 0 Å². The number of nitriles is 1. The Morgan fingerprint density at radius 3 is 2.75 bits per heavy atom. The van der Waals surface area contributed by atoms with Crippen LogP contribution in [0.3, 0.4) is 0 Å². The van der Waals surface area contributed by atoms with E-state index in [1.165, 1.54) is 6.07 Å². The minimum Gasteiger partial charge on any atom is -0.207 e. The van der Waals surface area contributed by atoms with E-state index in [0.717, 1.165) is 25.7 Å². The van der Waals surface area contributed by atoms with E-state index in [0.29, 0.717) is 17.7 Å². The summed E-state index contributed by atoms with van der Waals surface area (Å²) >= 11 is 0. The molecule has 0 aromatic heterocycles. The highest BCUT2D eigenvalue weighted by molar-refractivity contribution is 7.89. The summed E-state index contributed by atoms with van der Waals surface area (Å²) < 4.78 is 27.3. The quantitative estimate of drug-likeness (QED) is 0.842. The maximum Gasteiger partial charge on any atom is 0.243 e. The fourth-order valence-corrected chi connectivity index (χ4v) is 4.63. The third-order valence-electron chi connectivity index (χ3n) is 3.90. The first-order chi connectivity index (χ1) is 9.46. The van der Waals surface area contributed by atoms with Crippen molar-refractivity contribution in [1.82, 2.24) is 4.31 Å². The first-order valence-electron chi connectivity index (χ1n) is 6.99. The molecule has 0 N–H and O–H groups in total. The lowest BCUT2D eigenvalue weighted by molar-refractivity contribution is 0.342. The van der Waals surface area contributed by atoms with Gasteiger partial charge in [-0.2, -0.15) is 9.57 Å². The Bertz CT molecular complexity index is 632. The second-order valence-electron chi connectivity index (χ2n) is 5.41. The van der Waals surface area contributed by atoms with Crippen molar-refractivity contribution in [2.45, 2.75) is 50.5 Å². The van der Waals surface area contributed by atoms with Crippen molar-refractivity contribution in [3.63, 3.8) is 0 Å². The fraction of sp³-hybridized carbons (Fsp3) is 0.533. The molecule has 0 radical (unpaired) electrons. The van der Waals surface area contributed by atoms with Crippen LogP contribution < -0.4 is 0 Å². The van der Waals surface area contributed by atoms with Crippen LogP contribution >= 0.6 is 0 Å². The summed E-state index contributed by atoms with van der Waals surface area (Å²) in [7, 11) is -3.52. The van der Waals surface area contributed by atoms with Crippen LogP contribution in [0.5, 0.6) is 0 Å². The molecular weight excluding hydrogens is 272 g/mol. The van der Waals surface area contributed by atoms with Crippen LogP contribution in [0.1, 0.15) is 43.7 Å². The Kier molecular flexibility index (Phi) is 4.46. The van der Waals surface area contributed by atoms with Gasteiger partial charge in [-0.15, -0.1) is 0 Å². The summed E-state index contributed by atoms with van der Waals surface area (Å²) in [6, 6.07) is 6.87. The number of hydrogen-bond donors (Lipinski definition) is 0. The smallest absolute Gasteiger partial charge is 0.207 e. The molecule has 1 aliphatic heterocycles. The molecule has 4 nitrogen and oxygen atoms in total. The zero-order valence-electron chi connectivity index (χ0n) is 12.0. The highest BCUT2D eigenvalue weighted by Crippen LogP contribution is 2.27. The van der Waals surface area contributed by atoms with Crippen LogP contribution in [0.25, 0.3) is 0 Å². The van der Waals surface area contributed by atoms with Gasteiger partial charge in [-0.3, -0.25) is 0 Å². The number of nitrogens with zero attached hydrogens (tertiary/aromatic N) is 2. The molecule has 108 valence electrons. The summed E-state index contributed by atoms with van der Waals surface area (Å²) in [6.07, 6.45) is 3.95. The van der Waals surface area contributed by atoms with Crippen LogP contribution in [-0.2, 0) is 10.0 Å². The van der Waals surface area contributed by atoms with E-state index < -0.39 is 10.0 Å². The second-order valence-corrected chi connectivity index (χ2v) is 7.27. The molecule has 1 fully saturated rings. The molecule has 2 rings (SSSR count). The molecule has 1 saturated heterocycles. The molecule has 20 heavy (non-hydrogen) atoms. The van der Waals surface area contributed by atoms with Crippen LogP contribution in [0, 0.1) is 18.3 Å². The highest BCUT2D eigenvalue weighted by atomic mass is 32.2. The van der Waals surface area contributed by atoms with Gasteiger partial charge in [0.1, 0.15) is 0 Å². The summed E-state index contributed by atoms with van der Waals surface area (Å²) in [4.78, 5) is 0.269. The molecule has 0 saturated carbocycles. The molecule has 1 aromatic carbocycles. The van der Waals surface area contributed by atoms with Crippen molar-refractivity contribution in [3.8, 4) is 6.07 Å². The summed E-state index contributed by atoms with van der Waals surface area (Å²) in [5.41, 5.74) is 1.08. The highest BCUT2D eigenvalue weighted by Gasteiger charge is 2.31. The molecule has 0 bridgehead atoms. The third kappa shape index (κ3) is 2.87. The standard InChI is InChI=1S/C15H20N2O2S/c1-12-7-8-14(11-16)10-15(12)20(18,19)17-9-5-3-4-6-13(17)2/h7-8,10,13H,3-6,9H2,1-2H3. The maximum absolute atomic E-state index is 12.9. The Morgan fingerprint density at radius 2 is 2.05 bits per heavy atom. The lowest BCUT2D eigenvalue weighted by atomic mass is 10.1. The van der Waals surface area contributed by atoms with E-state index in [9.17, 15) is 8.42 Å². The van der Waals surface area contributed by atoms with Gasteiger partial charge in [0.05, 0.1) is 16.5 Å². The predicted molar refractivity (Wildman–Crippen MR) is 77.7 cm³/mol. The molecule has 1 aromatic rings. The predicted octanol–water partition coefficient (Wildman–Crippen LogP) is 2.82. The van der Waals surface area contributed by atoms with E-state index in [1.807, 2.05) is 13.0 Å². The molecule has 0 aliphatic carbocycles. The second kappa shape index (κ2) is 5.94. The molecule has 1 atom stereocenters. The minimum absolute atomic E-state index is 0.0210. The lowest BCUT2D eigenvalue weighted by Crippen LogP contribution is -2.38. The van der Waals surface area contributed by atoms with E-state index in [4.69, 9.17) is 5.26 Å². The first-order valence-corrected chi connectivity index (χ1v) is 8.43. The number of aryl methyl sites for hydroxylation is 1. The lowest BCUT2D eigenvalue weighted by Gasteiger charge is -2.27. The molecule has 1 aliphatic rings. The summed E-state index contributed by atoms with van der Waals surface area (Å²) in [5.74, 6) is 0. The zero-order chi connectivity index (χ0) is 14.8. The Labute approximate surface area is 121 Å². The largest absolute Gasteiger partial charge is 0.243 e. The van der Waals surface area contributed by atoms with Crippen molar-refractivity contribution in [2.24, 2.45) is 0 Å². The van der Waals surface area contributed by atoms with Gasteiger partial charge in [0.15, 0.2) is 0 Å². The van der Waals surface area contributed by atoms with E-state index in [-0.39, 0.29) is 10.9 Å². The Hall–Kier alpha value is -1.38. The topological polar surface area (TPSA) is 61.2 Å². The van der Waals surface area contributed by atoms with E-state index in [2.05, 4.69) is 0 Å². The van der Waals surface area contributed by atoms with Crippen LogP contribution in [0.4, 0.5) is 0 Å². The first kappa shape index (κ1) is 15.0. The Morgan fingerprint density at radius 1 is 1.30 bits per heavy atom. The van der Waals surface area contributed by atoms with Gasteiger partial charge < -0.3 is 0 Å². The molecule has 0 spiro atoms. The van der Waals surface area contributed by atoms with Gasteiger partial charge in [0, 0.05) is 12.6 Å². The SMILES string of the molecule is Cc1ccc(C#N)cc1S(=O)(=O)N1CCCCCC1C.